The fraction of sp³-hybridized carbons (Fsp3) is 0.250. The molecule has 0 saturated carbocycles. The van der Waals surface area contributed by atoms with E-state index in [-0.39, 0.29) is 6.54 Å². The first-order chi connectivity index (χ1) is 11.5. The molecule has 8 heteroatoms. The zero-order valence-electron chi connectivity index (χ0n) is 13.2. The number of furan rings is 1. The van der Waals surface area contributed by atoms with Crippen molar-refractivity contribution in [2.24, 2.45) is 0 Å². The van der Waals surface area contributed by atoms with Crippen molar-refractivity contribution in [1.82, 2.24) is 5.32 Å². The highest BCUT2D eigenvalue weighted by Crippen LogP contribution is 2.27. The molecule has 1 aromatic carbocycles. The summed E-state index contributed by atoms with van der Waals surface area (Å²) in [6.07, 6.45) is 1.01. The van der Waals surface area contributed by atoms with E-state index in [0.717, 1.165) is 0 Å². The number of ether oxygens (including phenoxy) is 2. The Hall–Kier alpha value is -2.51. The van der Waals surface area contributed by atoms with Crippen molar-refractivity contribution < 1.29 is 23.5 Å². The van der Waals surface area contributed by atoms with Crippen molar-refractivity contribution in [1.29, 1.82) is 0 Å². The third kappa shape index (κ3) is 4.50. The summed E-state index contributed by atoms with van der Waals surface area (Å²) < 4.78 is 15.5. The summed E-state index contributed by atoms with van der Waals surface area (Å²) in [7, 11) is 2.93. The molecule has 0 saturated heterocycles. The van der Waals surface area contributed by atoms with Gasteiger partial charge in [0.05, 0.1) is 25.6 Å². The average molecular weight is 353 g/mol. The van der Waals surface area contributed by atoms with Gasteiger partial charge in [-0.2, -0.15) is 0 Å². The quantitative estimate of drug-likeness (QED) is 0.779. The molecule has 1 heterocycles. The molecule has 1 atom stereocenters. The molecule has 1 unspecified atom stereocenters. The Balaban J connectivity index is 1.95. The first-order valence-electron chi connectivity index (χ1n) is 7.04. The van der Waals surface area contributed by atoms with Crippen LogP contribution in [0.4, 0.5) is 5.69 Å². The number of rotatable bonds is 6. The number of carbonyl (C=O) groups is 2. The minimum Gasteiger partial charge on any atom is -0.495 e. The van der Waals surface area contributed by atoms with Crippen molar-refractivity contribution in [3.8, 4) is 5.75 Å². The molecule has 2 rings (SSSR count). The van der Waals surface area contributed by atoms with Gasteiger partial charge in [-0.3, -0.25) is 9.59 Å². The van der Waals surface area contributed by atoms with Crippen molar-refractivity contribution in [3.63, 3.8) is 0 Å². The molecular formula is C16H17ClN2O5. The number of benzene rings is 1. The van der Waals surface area contributed by atoms with Crippen LogP contribution in [0, 0.1) is 0 Å². The molecule has 2 aromatic rings. The second kappa shape index (κ2) is 8.37. The summed E-state index contributed by atoms with van der Waals surface area (Å²) in [5.41, 5.74) is 0.305. The van der Waals surface area contributed by atoms with Crippen LogP contribution in [0.5, 0.6) is 5.75 Å². The molecule has 0 fully saturated rings. The van der Waals surface area contributed by atoms with Crippen LogP contribution >= 0.6 is 11.6 Å². The van der Waals surface area contributed by atoms with E-state index in [9.17, 15) is 9.59 Å². The van der Waals surface area contributed by atoms with Gasteiger partial charge in [-0.1, -0.05) is 11.6 Å². The zero-order chi connectivity index (χ0) is 17.5. The molecule has 0 aliphatic rings. The van der Waals surface area contributed by atoms with Crippen LogP contribution in [-0.4, -0.2) is 32.6 Å². The Morgan fingerprint density at radius 1 is 1.25 bits per heavy atom. The van der Waals surface area contributed by atoms with Gasteiger partial charge in [0.15, 0.2) is 0 Å². The van der Waals surface area contributed by atoms with Gasteiger partial charge in [0.25, 0.3) is 0 Å². The van der Waals surface area contributed by atoms with E-state index in [4.69, 9.17) is 25.5 Å². The highest BCUT2D eigenvalue weighted by Gasteiger charge is 2.19. The second-order valence-corrected chi connectivity index (χ2v) is 5.18. The Kier molecular flexibility index (Phi) is 6.22. The fourth-order valence-corrected chi connectivity index (χ4v) is 2.17. The van der Waals surface area contributed by atoms with Crippen LogP contribution in [0.15, 0.2) is 41.0 Å². The summed E-state index contributed by atoms with van der Waals surface area (Å²) in [4.78, 5) is 23.9. The van der Waals surface area contributed by atoms with E-state index >= 15 is 0 Å². The third-order valence-corrected chi connectivity index (χ3v) is 3.44. The lowest BCUT2D eigenvalue weighted by Gasteiger charge is -2.14. The van der Waals surface area contributed by atoms with E-state index < -0.39 is 17.9 Å². The molecule has 2 amide bonds. The largest absolute Gasteiger partial charge is 0.495 e. The predicted molar refractivity (Wildman–Crippen MR) is 88.1 cm³/mol. The molecule has 0 spiro atoms. The van der Waals surface area contributed by atoms with Gasteiger partial charge in [0, 0.05) is 12.1 Å². The molecule has 0 aliphatic carbocycles. The average Bonchev–Trinajstić information content (AvgIpc) is 3.10. The molecule has 24 heavy (non-hydrogen) atoms. The molecule has 128 valence electrons. The second-order valence-electron chi connectivity index (χ2n) is 4.75. The lowest BCUT2D eigenvalue weighted by molar-refractivity contribution is -0.136. The molecule has 7 nitrogen and oxygen atoms in total. The molecule has 0 bridgehead atoms. The van der Waals surface area contributed by atoms with E-state index in [2.05, 4.69) is 10.6 Å². The van der Waals surface area contributed by atoms with Gasteiger partial charge in [-0.05, 0) is 30.3 Å². The monoisotopic (exact) mass is 352 g/mol. The minimum atomic E-state index is -0.843. The smallest absolute Gasteiger partial charge is 0.313 e. The first kappa shape index (κ1) is 17.8. The number of carbonyl (C=O) groups excluding carboxylic acids is 2. The number of nitrogens with one attached hydrogen (secondary N) is 2. The van der Waals surface area contributed by atoms with E-state index in [1.807, 2.05) is 0 Å². The maximum absolute atomic E-state index is 12.0. The highest BCUT2D eigenvalue weighted by molar-refractivity contribution is 6.40. The molecule has 0 radical (unpaired) electrons. The Morgan fingerprint density at radius 2 is 2.04 bits per heavy atom. The standard InChI is InChI=1S/C16H17ClN2O5/c1-22-12-6-5-10(17)8-11(12)19-16(21)15(20)18-9-14(23-2)13-4-3-7-24-13/h3-8,14H,9H2,1-2H3,(H,18,20)(H,19,21). The van der Waals surface area contributed by atoms with Gasteiger partial charge >= 0.3 is 11.8 Å². The number of halogens is 1. The molecule has 1 aromatic heterocycles. The van der Waals surface area contributed by atoms with E-state index in [0.29, 0.717) is 22.2 Å². The van der Waals surface area contributed by atoms with Gasteiger partial charge in [0.1, 0.15) is 17.6 Å². The fourth-order valence-electron chi connectivity index (χ4n) is 2.00. The van der Waals surface area contributed by atoms with Crippen molar-refractivity contribution in [2.75, 3.05) is 26.1 Å². The number of hydrogen-bond acceptors (Lipinski definition) is 5. The molecule has 2 N–H and O–H groups in total. The van der Waals surface area contributed by atoms with Crippen molar-refractivity contribution in [2.45, 2.75) is 6.10 Å². The summed E-state index contributed by atoms with van der Waals surface area (Å²) in [5.74, 6) is -0.712. The number of amides is 2. The Bertz CT molecular complexity index is 702. The predicted octanol–water partition coefficient (Wildman–Crippen LogP) is 2.38. The number of anilines is 1. The maximum Gasteiger partial charge on any atom is 0.313 e. The summed E-state index contributed by atoms with van der Waals surface area (Å²) in [6.45, 7) is 0.0863. The minimum absolute atomic E-state index is 0.0863. The van der Waals surface area contributed by atoms with Crippen LogP contribution in [-0.2, 0) is 14.3 Å². The van der Waals surface area contributed by atoms with Crippen LogP contribution in [0.1, 0.15) is 11.9 Å². The van der Waals surface area contributed by atoms with Gasteiger partial charge in [-0.15, -0.1) is 0 Å². The number of methoxy groups -OCH3 is 2. The lowest BCUT2D eigenvalue weighted by atomic mass is 10.2. The van der Waals surface area contributed by atoms with Crippen LogP contribution in [0.25, 0.3) is 0 Å². The molecular weight excluding hydrogens is 336 g/mol. The highest BCUT2D eigenvalue weighted by atomic mass is 35.5. The zero-order valence-corrected chi connectivity index (χ0v) is 13.9. The van der Waals surface area contributed by atoms with Crippen LogP contribution in [0.2, 0.25) is 5.02 Å². The van der Waals surface area contributed by atoms with Crippen molar-refractivity contribution in [3.05, 3.63) is 47.4 Å². The first-order valence-corrected chi connectivity index (χ1v) is 7.42. The Morgan fingerprint density at radius 3 is 2.67 bits per heavy atom. The summed E-state index contributed by atoms with van der Waals surface area (Å²) in [5, 5.41) is 5.34. The van der Waals surface area contributed by atoms with E-state index in [1.165, 1.54) is 26.5 Å². The Labute approximate surface area is 143 Å². The van der Waals surface area contributed by atoms with Crippen molar-refractivity contribution >= 4 is 29.1 Å². The van der Waals surface area contributed by atoms with E-state index in [1.54, 1.807) is 24.3 Å². The lowest BCUT2D eigenvalue weighted by Crippen LogP contribution is -2.38. The molecule has 0 aliphatic heterocycles. The van der Waals surface area contributed by atoms with Gasteiger partial charge in [-0.25, -0.2) is 0 Å². The summed E-state index contributed by atoms with van der Waals surface area (Å²) >= 11 is 5.88. The number of hydrogen-bond donors (Lipinski definition) is 2. The SMILES string of the molecule is COc1ccc(Cl)cc1NC(=O)C(=O)NCC(OC)c1ccco1. The maximum atomic E-state index is 12.0. The normalized spacial score (nSPS) is 11.6. The van der Waals surface area contributed by atoms with Gasteiger partial charge in [0.2, 0.25) is 0 Å². The van der Waals surface area contributed by atoms with Gasteiger partial charge < -0.3 is 24.5 Å². The third-order valence-electron chi connectivity index (χ3n) is 3.21. The van der Waals surface area contributed by atoms with Crippen LogP contribution < -0.4 is 15.4 Å². The topological polar surface area (TPSA) is 89.8 Å². The van der Waals surface area contributed by atoms with Crippen LogP contribution in [0.3, 0.4) is 0 Å². The summed E-state index contributed by atoms with van der Waals surface area (Å²) in [6, 6.07) is 8.13.